The van der Waals surface area contributed by atoms with Crippen LogP contribution in [0.25, 0.3) is 0 Å². The lowest BCUT2D eigenvalue weighted by Crippen LogP contribution is -2.35. The van der Waals surface area contributed by atoms with E-state index >= 15 is 0 Å². The predicted octanol–water partition coefficient (Wildman–Crippen LogP) is 13.2. The number of aliphatic hydroxyl groups excluding tert-OH is 4. The van der Waals surface area contributed by atoms with Crippen molar-refractivity contribution in [2.75, 3.05) is 0 Å². The molecule has 0 bridgehead atoms. The van der Waals surface area contributed by atoms with Gasteiger partial charge in [0.25, 0.3) is 0 Å². The predicted molar refractivity (Wildman–Crippen MR) is 254 cm³/mol. The van der Waals surface area contributed by atoms with Crippen LogP contribution in [-0.2, 0) is 0 Å². The molecule has 0 aromatic rings. The van der Waals surface area contributed by atoms with Crippen LogP contribution in [0.2, 0.25) is 0 Å². The Bertz CT molecular complexity index is 1680. The highest BCUT2D eigenvalue weighted by molar-refractivity contribution is 5.39. The van der Waals surface area contributed by atoms with Crippen molar-refractivity contribution in [3.8, 4) is 0 Å². The summed E-state index contributed by atoms with van der Waals surface area (Å²) in [5, 5.41) is 40.4. The Labute approximate surface area is 367 Å². The van der Waals surface area contributed by atoms with E-state index in [9.17, 15) is 20.4 Å². The van der Waals surface area contributed by atoms with Crippen molar-refractivity contribution in [1.29, 1.82) is 0 Å². The summed E-state index contributed by atoms with van der Waals surface area (Å²) in [6, 6.07) is 0. The van der Waals surface area contributed by atoms with E-state index in [1.54, 1.807) is 5.57 Å². The molecule has 0 radical (unpaired) electrons. The summed E-state index contributed by atoms with van der Waals surface area (Å²) in [5.74, 6) is 6.72. The summed E-state index contributed by atoms with van der Waals surface area (Å²) < 4.78 is 0. The number of hydrogen-bond donors (Lipinski definition) is 4. The molecule has 14 atom stereocenters. The lowest BCUT2D eigenvalue weighted by molar-refractivity contribution is 0.0860. The van der Waals surface area contributed by atoms with Gasteiger partial charge in [0.1, 0.15) is 0 Å². The molecule has 0 saturated heterocycles. The van der Waals surface area contributed by atoms with E-state index in [1.165, 1.54) is 56.9 Å². The Morgan fingerprint density at radius 2 is 1.22 bits per heavy atom. The molecule has 0 aromatic carbocycles. The summed E-state index contributed by atoms with van der Waals surface area (Å²) >= 11 is 0. The minimum atomic E-state index is -0.605. The first-order valence-corrected chi connectivity index (χ1v) is 24.5. The molecule has 6 rings (SSSR count). The highest BCUT2D eigenvalue weighted by Crippen LogP contribution is 2.60. The van der Waals surface area contributed by atoms with Crippen molar-refractivity contribution >= 4 is 0 Å². The Balaban J connectivity index is 0.000000228. The zero-order valence-electron chi connectivity index (χ0n) is 40.0. The van der Waals surface area contributed by atoms with Crippen molar-refractivity contribution in [3.05, 3.63) is 94.7 Å². The molecule has 4 saturated carbocycles. The van der Waals surface area contributed by atoms with Crippen LogP contribution >= 0.6 is 0 Å². The minimum Gasteiger partial charge on any atom is -0.393 e. The first-order valence-electron chi connectivity index (χ1n) is 24.5. The molecule has 0 heterocycles. The van der Waals surface area contributed by atoms with Gasteiger partial charge >= 0.3 is 0 Å². The van der Waals surface area contributed by atoms with Gasteiger partial charge in [-0.15, -0.1) is 0 Å². The minimum absolute atomic E-state index is 0.369. The number of fused-ring (bicyclic) bond motifs is 2. The van der Waals surface area contributed by atoms with Crippen molar-refractivity contribution in [1.82, 2.24) is 0 Å². The average Bonchev–Trinajstić information content (AvgIpc) is 3.74. The van der Waals surface area contributed by atoms with E-state index in [1.807, 2.05) is 6.92 Å². The molecule has 4 heteroatoms. The maximum Gasteiger partial charge on any atom is 0.0811 e. The van der Waals surface area contributed by atoms with Crippen LogP contribution in [0, 0.1) is 70.0 Å². The van der Waals surface area contributed by atoms with E-state index in [-0.39, 0.29) is 0 Å². The van der Waals surface area contributed by atoms with Gasteiger partial charge in [-0.3, -0.25) is 0 Å². The third-order valence-corrected chi connectivity index (χ3v) is 17.4. The van der Waals surface area contributed by atoms with Gasteiger partial charge in [0.2, 0.25) is 0 Å². The normalized spacial score (nSPS) is 38.5. The summed E-state index contributed by atoms with van der Waals surface area (Å²) in [4.78, 5) is 0. The van der Waals surface area contributed by atoms with Crippen LogP contribution in [0.5, 0.6) is 0 Å². The molecule has 0 amide bonds. The Morgan fingerprint density at radius 1 is 0.667 bits per heavy atom. The molecule has 4 nitrogen and oxygen atoms in total. The summed E-state index contributed by atoms with van der Waals surface area (Å²) in [6.07, 6.45) is 32.9. The quantitative estimate of drug-likeness (QED) is 0.156. The number of allylic oxidation sites excluding steroid dienone is 11. The van der Waals surface area contributed by atoms with E-state index in [4.69, 9.17) is 0 Å². The van der Waals surface area contributed by atoms with Gasteiger partial charge in [-0.25, -0.2) is 0 Å². The first kappa shape index (κ1) is 48.8. The average molecular weight is 825 g/mol. The zero-order chi connectivity index (χ0) is 44.1. The standard InChI is InChI=1S/2C28H44O2/c2*1-18(2)19(3)9-10-20(4)25-13-14-26-22(8-7-15-28(25,26)6)11-12-23-16-24(29)17-27(30)21(23)5/h8-12,18-20,24-27,29-30H,7,13-17H2,1-6H3;9-12,18-20,24-27,29-30H,5,7-8,13-17H2,1-4,6H3/b10-9+,12-11-;10-9+,22-11+,23-12-/t2*19-,20+,24+,25+,26-,27-,28+/m00/s1. The number of hydrogen-bond acceptors (Lipinski definition) is 4. The molecule has 0 aliphatic heterocycles. The van der Waals surface area contributed by atoms with Gasteiger partial charge < -0.3 is 20.4 Å². The molecule has 4 fully saturated rings. The van der Waals surface area contributed by atoms with Crippen LogP contribution < -0.4 is 0 Å². The molecule has 6 aliphatic carbocycles. The summed E-state index contributed by atoms with van der Waals surface area (Å²) in [5.41, 5.74) is 7.76. The van der Waals surface area contributed by atoms with Gasteiger partial charge in [0.05, 0.1) is 24.4 Å². The van der Waals surface area contributed by atoms with Gasteiger partial charge in [0.15, 0.2) is 0 Å². The third kappa shape index (κ3) is 11.3. The molecule has 60 heavy (non-hydrogen) atoms. The maximum atomic E-state index is 10.2. The van der Waals surface area contributed by atoms with Gasteiger partial charge in [-0.2, -0.15) is 0 Å². The van der Waals surface area contributed by atoms with Gasteiger partial charge in [-0.05, 0) is 175 Å². The largest absolute Gasteiger partial charge is 0.393 e. The molecule has 336 valence electrons. The highest BCUT2D eigenvalue weighted by atomic mass is 16.3. The second kappa shape index (κ2) is 21.0. The zero-order valence-corrected chi connectivity index (χ0v) is 40.0. The molecule has 4 N–H and O–H groups in total. The highest BCUT2D eigenvalue weighted by Gasteiger charge is 2.51. The SMILES string of the molecule is C=C1/C(=C\C=C2/CCC[C@]3(C)[C@@H]([C@H](C)/C=C/[C@H](C)C(C)C)CC[C@@H]23)C[C@@H](O)C[C@@H]1O.CC1=C(/C=C\C2=CCC[C@]3(C)[C@@H]([C@H](C)/C=C/[C@H](C)C(C)C)CC[C@@H]23)C[C@@H](O)C[C@@H]1O. The Hall–Kier alpha value is -2.24. The fourth-order valence-electron chi connectivity index (χ4n) is 12.5. The van der Waals surface area contributed by atoms with Crippen molar-refractivity contribution in [2.24, 2.45) is 70.0 Å². The summed E-state index contributed by atoms with van der Waals surface area (Å²) in [6.45, 7) is 29.9. The first-order chi connectivity index (χ1) is 28.3. The molecule has 6 aliphatic rings. The third-order valence-electron chi connectivity index (χ3n) is 17.4. The van der Waals surface area contributed by atoms with E-state index in [0.717, 1.165) is 40.5 Å². The molecular formula is C56H88O4. The number of rotatable bonds is 11. The van der Waals surface area contributed by atoms with Crippen LogP contribution in [-0.4, -0.2) is 44.8 Å². The van der Waals surface area contributed by atoms with Gasteiger partial charge in [0, 0.05) is 12.8 Å². The number of aliphatic hydroxyl groups is 4. The van der Waals surface area contributed by atoms with E-state index in [0.29, 0.717) is 83.9 Å². The molecule has 0 aromatic heterocycles. The van der Waals surface area contributed by atoms with E-state index in [2.05, 4.69) is 131 Å². The Kier molecular flexibility index (Phi) is 17.0. The van der Waals surface area contributed by atoms with Crippen LogP contribution in [0.3, 0.4) is 0 Å². The van der Waals surface area contributed by atoms with Crippen molar-refractivity contribution in [3.63, 3.8) is 0 Å². The van der Waals surface area contributed by atoms with Crippen LogP contribution in [0.15, 0.2) is 94.7 Å². The van der Waals surface area contributed by atoms with E-state index < -0.39 is 24.4 Å². The van der Waals surface area contributed by atoms with Gasteiger partial charge in [-0.1, -0.05) is 136 Å². The summed E-state index contributed by atoms with van der Waals surface area (Å²) in [7, 11) is 0. The fourth-order valence-corrected chi connectivity index (χ4v) is 12.5. The Morgan fingerprint density at radius 3 is 1.82 bits per heavy atom. The monoisotopic (exact) mass is 825 g/mol. The second-order valence-corrected chi connectivity index (χ2v) is 22.0. The van der Waals surface area contributed by atoms with Crippen LogP contribution in [0.4, 0.5) is 0 Å². The lowest BCUT2D eigenvalue weighted by Gasteiger charge is -2.44. The van der Waals surface area contributed by atoms with Crippen molar-refractivity contribution < 1.29 is 20.4 Å². The second-order valence-electron chi connectivity index (χ2n) is 22.0. The maximum absolute atomic E-state index is 10.2. The lowest BCUT2D eigenvalue weighted by atomic mass is 9.61. The fraction of sp³-hybridized carbons (Fsp3) is 0.714. The smallest absolute Gasteiger partial charge is 0.0811 e. The molecule has 0 spiro atoms. The van der Waals surface area contributed by atoms with Crippen LogP contribution in [0.1, 0.15) is 160 Å². The topological polar surface area (TPSA) is 80.9 Å². The van der Waals surface area contributed by atoms with Crippen molar-refractivity contribution in [2.45, 2.75) is 184 Å². The molecular weight excluding hydrogens is 737 g/mol. The molecule has 0 unspecified atom stereocenters.